The van der Waals surface area contributed by atoms with Crippen molar-refractivity contribution in [2.24, 2.45) is 0 Å². The van der Waals surface area contributed by atoms with Crippen molar-refractivity contribution in [1.82, 2.24) is 9.97 Å². The Balaban J connectivity index is 1.28. The number of hydrogen-bond donors (Lipinski definition) is 0. The first-order chi connectivity index (χ1) is 22.1. The van der Waals surface area contributed by atoms with Gasteiger partial charge in [-0.1, -0.05) is 147 Å². The van der Waals surface area contributed by atoms with E-state index in [1.807, 2.05) is 6.07 Å². The summed E-state index contributed by atoms with van der Waals surface area (Å²) in [4.78, 5) is 10.5. The zero-order valence-corrected chi connectivity index (χ0v) is 25.3. The number of fused-ring (bicyclic) bond motifs is 9. The highest BCUT2D eigenvalue weighted by molar-refractivity contribution is 6.25. The Morgan fingerprint density at radius 1 is 0.400 bits per heavy atom. The molecule has 45 heavy (non-hydrogen) atoms. The fourth-order valence-corrected chi connectivity index (χ4v) is 7.46. The highest BCUT2D eigenvalue weighted by Crippen LogP contribution is 2.52. The van der Waals surface area contributed by atoms with Crippen LogP contribution in [0.25, 0.3) is 77.3 Å². The normalized spacial score (nSPS) is 13.3. The predicted octanol–water partition coefficient (Wildman–Crippen LogP) is 11.2. The van der Waals surface area contributed by atoms with E-state index in [-0.39, 0.29) is 5.41 Å². The van der Waals surface area contributed by atoms with E-state index in [2.05, 4.69) is 153 Å². The molecule has 0 bridgehead atoms. The van der Waals surface area contributed by atoms with Crippen molar-refractivity contribution in [3.05, 3.63) is 157 Å². The molecule has 2 nitrogen and oxygen atoms in total. The molecule has 212 valence electrons. The third-order valence-corrected chi connectivity index (χ3v) is 9.64. The molecule has 1 aliphatic rings. The summed E-state index contributed by atoms with van der Waals surface area (Å²) in [6.45, 7) is 4.62. The Bertz CT molecular complexity index is 2410. The van der Waals surface area contributed by atoms with Crippen molar-refractivity contribution in [3.63, 3.8) is 0 Å². The third kappa shape index (κ3) is 3.89. The Morgan fingerprint density at radius 3 is 1.53 bits per heavy atom. The van der Waals surface area contributed by atoms with Gasteiger partial charge in [0.1, 0.15) is 0 Å². The highest BCUT2D eigenvalue weighted by Gasteiger charge is 2.40. The maximum absolute atomic E-state index is 5.30. The van der Waals surface area contributed by atoms with Gasteiger partial charge in [-0.25, -0.2) is 9.97 Å². The molecule has 8 aromatic rings. The minimum Gasteiger partial charge on any atom is -0.228 e. The second kappa shape index (κ2) is 9.70. The summed E-state index contributed by atoms with van der Waals surface area (Å²) in [6, 6.07) is 52.3. The van der Waals surface area contributed by atoms with Crippen LogP contribution in [0, 0.1) is 0 Å². The van der Waals surface area contributed by atoms with Crippen LogP contribution in [-0.4, -0.2) is 9.97 Å². The largest absolute Gasteiger partial charge is 0.228 e. The van der Waals surface area contributed by atoms with Crippen LogP contribution in [-0.2, 0) is 5.41 Å². The molecular weight excluding hydrogens is 544 g/mol. The molecule has 0 atom stereocenters. The molecule has 0 N–H and O–H groups in total. The molecule has 0 fully saturated rings. The standard InChI is InChI=1S/C43H30N2/c1-43(2)38-24-22-30(29-21-23-35-33-19-10-9-17-31(33)32-18-11-12-20-34(32)36(35)25-29)26-37(38)41-39(43)40(27-13-5-3-6-14-27)44-42(45-41)28-15-7-4-8-16-28/h3-26H,1-2H3. The quantitative estimate of drug-likeness (QED) is 0.196. The summed E-state index contributed by atoms with van der Waals surface area (Å²) >= 11 is 0. The summed E-state index contributed by atoms with van der Waals surface area (Å²) in [6.07, 6.45) is 0. The van der Waals surface area contributed by atoms with Gasteiger partial charge in [-0.3, -0.25) is 0 Å². The van der Waals surface area contributed by atoms with Gasteiger partial charge in [0.15, 0.2) is 5.82 Å². The average Bonchev–Trinajstić information content (AvgIpc) is 3.34. The van der Waals surface area contributed by atoms with Crippen LogP contribution in [0.3, 0.4) is 0 Å². The molecule has 9 rings (SSSR count). The summed E-state index contributed by atoms with van der Waals surface area (Å²) in [5.74, 6) is 0.756. The lowest BCUT2D eigenvalue weighted by molar-refractivity contribution is 0.658. The number of hydrogen-bond acceptors (Lipinski definition) is 2. The van der Waals surface area contributed by atoms with E-state index in [0.29, 0.717) is 0 Å². The molecule has 0 aliphatic heterocycles. The van der Waals surface area contributed by atoms with E-state index in [9.17, 15) is 0 Å². The maximum atomic E-state index is 5.30. The first-order valence-corrected chi connectivity index (χ1v) is 15.6. The van der Waals surface area contributed by atoms with Crippen molar-refractivity contribution in [2.45, 2.75) is 19.3 Å². The van der Waals surface area contributed by atoms with Crippen molar-refractivity contribution in [1.29, 1.82) is 0 Å². The van der Waals surface area contributed by atoms with Gasteiger partial charge in [-0.2, -0.15) is 0 Å². The molecule has 1 aliphatic carbocycles. The summed E-state index contributed by atoms with van der Waals surface area (Å²) < 4.78 is 0. The first-order valence-electron chi connectivity index (χ1n) is 15.6. The fraction of sp³-hybridized carbons (Fsp3) is 0.0698. The van der Waals surface area contributed by atoms with Gasteiger partial charge in [0.2, 0.25) is 0 Å². The van der Waals surface area contributed by atoms with Gasteiger partial charge in [0, 0.05) is 27.7 Å². The molecule has 2 heteroatoms. The zero-order valence-electron chi connectivity index (χ0n) is 25.3. The van der Waals surface area contributed by atoms with E-state index < -0.39 is 0 Å². The molecule has 1 aromatic heterocycles. The number of benzene rings is 7. The van der Waals surface area contributed by atoms with Crippen LogP contribution in [0.4, 0.5) is 0 Å². The Labute approximate surface area is 262 Å². The van der Waals surface area contributed by atoms with Crippen LogP contribution in [0.5, 0.6) is 0 Å². The first kappa shape index (κ1) is 25.9. The molecule has 7 aromatic carbocycles. The van der Waals surface area contributed by atoms with Gasteiger partial charge in [-0.05, 0) is 61.1 Å². The summed E-state index contributed by atoms with van der Waals surface area (Å²) in [7, 11) is 0. The van der Waals surface area contributed by atoms with E-state index in [0.717, 1.165) is 28.3 Å². The highest BCUT2D eigenvalue weighted by atomic mass is 14.9. The van der Waals surface area contributed by atoms with Crippen molar-refractivity contribution in [3.8, 4) is 45.0 Å². The van der Waals surface area contributed by atoms with E-state index in [1.54, 1.807) is 0 Å². The van der Waals surface area contributed by atoms with Gasteiger partial charge < -0.3 is 0 Å². The number of aromatic nitrogens is 2. The van der Waals surface area contributed by atoms with Crippen LogP contribution in [0.2, 0.25) is 0 Å². The maximum Gasteiger partial charge on any atom is 0.160 e. The SMILES string of the molecule is CC1(C)c2ccc(-c3ccc4c5ccccc5c5ccccc5c4c3)cc2-c2nc(-c3ccccc3)nc(-c3ccccc3)c21. The lowest BCUT2D eigenvalue weighted by atomic mass is 9.80. The van der Waals surface area contributed by atoms with Crippen molar-refractivity contribution < 1.29 is 0 Å². The second-order valence-electron chi connectivity index (χ2n) is 12.6. The van der Waals surface area contributed by atoms with Gasteiger partial charge in [0.05, 0.1) is 11.4 Å². The third-order valence-electron chi connectivity index (χ3n) is 9.64. The molecule has 0 spiro atoms. The Hall–Kier alpha value is -5.60. The topological polar surface area (TPSA) is 25.8 Å². The minimum atomic E-state index is -0.248. The lowest BCUT2D eigenvalue weighted by Gasteiger charge is -2.24. The van der Waals surface area contributed by atoms with E-state index >= 15 is 0 Å². The van der Waals surface area contributed by atoms with Gasteiger partial charge in [-0.15, -0.1) is 0 Å². The molecule has 0 saturated carbocycles. The predicted molar refractivity (Wildman–Crippen MR) is 188 cm³/mol. The Morgan fingerprint density at radius 2 is 0.889 bits per heavy atom. The van der Waals surface area contributed by atoms with Crippen LogP contribution in [0.15, 0.2) is 146 Å². The monoisotopic (exact) mass is 574 g/mol. The van der Waals surface area contributed by atoms with Gasteiger partial charge in [0.25, 0.3) is 0 Å². The fourth-order valence-electron chi connectivity index (χ4n) is 7.46. The molecule has 0 radical (unpaired) electrons. The molecule has 1 heterocycles. The molecule has 0 saturated heterocycles. The molecule has 0 amide bonds. The lowest BCUT2D eigenvalue weighted by Crippen LogP contribution is -2.17. The smallest absolute Gasteiger partial charge is 0.160 e. The average molecular weight is 575 g/mol. The zero-order chi connectivity index (χ0) is 30.1. The summed E-state index contributed by atoms with van der Waals surface area (Å²) in [5, 5.41) is 7.74. The molecule has 0 unspecified atom stereocenters. The van der Waals surface area contributed by atoms with E-state index in [1.165, 1.54) is 60.1 Å². The minimum absolute atomic E-state index is 0.248. The van der Waals surface area contributed by atoms with Gasteiger partial charge >= 0.3 is 0 Å². The van der Waals surface area contributed by atoms with Crippen molar-refractivity contribution >= 4 is 32.3 Å². The molecular formula is C43H30N2. The van der Waals surface area contributed by atoms with E-state index in [4.69, 9.17) is 9.97 Å². The second-order valence-corrected chi connectivity index (χ2v) is 12.6. The Kier molecular flexibility index (Phi) is 5.58. The van der Waals surface area contributed by atoms with Crippen LogP contribution >= 0.6 is 0 Å². The van der Waals surface area contributed by atoms with Crippen molar-refractivity contribution in [2.75, 3.05) is 0 Å². The van der Waals surface area contributed by atoms with Crippen LogP contribution < -0.4 is 0 Å². The number of rotatable bonds is 3. The number of nitrogens with zero attached hydrogens (tertiary/aromatic N) is 2. The van der Waals surface area contributed by atoms with Crippen LogP contribution in [0.1, 0.15) is 25.0 Å². The summed E-state index contributed by atoms with van der Waals surface area (Å²) in [5.41, 5.74) is 9.99.